The Morgan fingerprint density at radius 2 is 1.97 bits per heavy atom. The molecular formula is C20H17BrF2N4O2. The number of carbonyl (C=O) groups is 2. The van der Waals surface area contributed by atoms with Gasteiger partial charge in [-0.1, -0.05) is 15.9 Å². The van der Waals surface area contributed by atoms with E-state index in [-0.39, 0.29) is 30.2 Å². The van der Waals surface area contributed by atoms with Crippen LogP contribution >= 0.6 is 15.9 Å². The van der Waals surface area contributed by atoms with Gasteiger partial charge in [0.15, 0.2) is 0 Å². The predicted molar refractivity (Wildman–Crippen MR) is 104 cm³/mol. The zero-order valence-corrected chi connectivity index (χ0v) is 16.9. The number of aromatic nitrogens is 2. The second-order valence-corrected chi connectivity index (χ2v) is 8.95. The molecule has 0 radical (unpaired) electrons. The molecule has 2 amide bonds. The zero-order chi connectivity index (χ0) is 20.4. The molecule has 2 fully saturated rings. The molecule has 2 aliphatic carbocycles. The first-order valence-electron chi connectivity index (χ1n) is 9.36. The van der Waals surface area contributed by atoms with Gasteiger partial charge in [-0.05, 0) is 42.2 Å². The second-order valence-electron chi connectivity index (χ2n) is 8.04. The predicted octanol–water partition coefficient (Wildman–Crippen LogP) is 3.49. The molecule has 6 nitrogen and oxygen atoms in total. The van der Waals surface area contributed by atoms with Crippen LogP contribution in [0.3, 0.4) is 0 Å². The number of rotatable bonds is 4. The van der Waals surface area contributed by atoms with E-state index in [0.717, 1.165) is 22.9 Å². The monoisotopic (exact) mass is 462 g/mol. The first-order chi connectivity index (χ1) is 13.8. The van der Waals surface area contributed by atoms with Crippen molar-refractivity contribution in [1.29, 1.82) is 0 Å². The molecule has 29 heavy (non-hydrogen) atoms. The lowest BCUT2D eigenvalue weighted by Crippen LogP contribution is -2.46. The Balaban J connectivity index is 1.27. The van der Waals surface area contributed by atoms with E-state index in [1.54, 1.807) is 11.0 Å². The van der Waals surface area contributed by atoms with E-state index in [4.69, 9.17) is 0 Å². The Bertz CT molecular complexity index is 1020. The van der Waals surface area contributed by atoms with Gasteiger partial charge in [0, 0.05) is 40.8 Å². The normalized spacial score (nSPS) is 22.9. The van der Waals surface area contributed by atoms with Gasteiger partial charge in [0.05, 0.1) is 5.92 Å². The number of benzene rings is 1. The molecule has 0 unspecified atom stereocenters. The van der Waals surface area contributed by atoms with Crippen LogP contribution in [-0.4, -0.2) is 45.7 Å². The van der Waals surface area contributed by atoms with E-state index in [1.807, 2.05) is 12.1 Å². The number of amides is 2. The average molecular weight is 463 g/mol. The lowest BCUT2D eigenvalue weighted by molar-refractivity contribution is -0.117. The van der Waals surface area contributed by atoms with Gasteiger partial charge >= 0.3 is 0 Å². The summed E-state index contributed by atoms with van der Waals surface area (Å²) in [4.78, 5) is 34.8. The Kier molecular flexibility index (Phi) is 4.03. The van der Waals surface area contributed by atoms with E-state index in [2.05, 4.69) is 31.2 Å². The fraction of sp³-hybridized carbons (Fsp3) is 0.400. The molecular weight excluding hydrogens is 446 g/mol. The Hall–Kier alpha value is -2.42. The van der Waals surface area contributed by atoms with Crippen molar-refractivity contribution in [2.45, 2.75) is 36.5 Å². The zero-order valence-electron chi connectivity index (χ0n) is 15.3. The van der Waals surface area contributed by atoms with Crippen LogP contribution < -0.4 is 5.32 Å². The minimum Gasteiger partial charge on any atom is -0.328 e. The van der Waals surface area contributed by atoms with Crippen LogP contribution in [0.25, 0.3) is 0 Å². The number of hydrogen-bond donors (Lipinski definition) is 1. The SMILES string of the molecule is O=C(CN1CC2(CC2)c2cc(Br)ccc2C1=O)Nc1ncc([C@H]2CC2(F)F)cn1. The second kappa shape index (κ2) is 6.29. The summed E-state index contributed by atoms with van der Waals surface area (Å²) in [6.45, 7) is 0.390. The average Bonchev–Trinajstić information content (AvgIpc) is 3.58. The molecule has 1 aromatic carbocycles. The minimum atomic E-state index is -2.69. The van der Waals surface area contributed by atoms with Crippen molar-refractivity contribution >= 4 is 33.7 Å². The number of nitrogens with zero attached hydrogens (tertiary/aromatic N) is 3. The summed E-state index contributed by atoms with van der Waals surface area (Å²) in [5.74, 6) is -4.08. The standard InChI is InChI=1S/C20H17BrF2N4O2/c21-12-1-2-13-14(5-12)19(3-4-19)10-27(17(13)29)9-16(28)26-18-24-7-11(8-25-18)15-6-20(15,22)23/h1-2,5,7-8,15H,3-4,6,9-10H2,(H,24,25,26,28)/t15-/m1/s1. The van der Waals surface area contributed by atoms with Crippen molar-refractivity contribution in [3.8, 4) is 0 Å². The molecule has 1 N–H and O–H groups in total. The van der Waals surface area contributed by atoms with E-state index in [1.165, 1.54) is 12.4 Å². The molecule has 2 aromatic rings. The lowest BCUT2D eigenvalue weighted by Gasteiger charge is -2.34. The summed E-state index contributed by atoms with van der Waals surface area (Å²) in [6.07, 6.45) is 4.40. The highest BCUT2D eigenvalue weighted by Crippen LogP contribution is 2.55. The smallest absolute Gasteiger partial charge is 0.256 e. The maximum atomic E-state index is 13.1. The van der Waals surface area contributed by atoms with Crippen molar-refractivity contribution in [3.63, 3.8) is 0 Å². The van der Waals surface area contributed by atoms with Gasteiger partial charge in [-0.2, -0.15) is 0 Å². The van der Waals surface area contributed by atoms with E-state index < -0.39 is 17.7 Å². The number of halogens is 3. The molecule has 150 valence electrons. The first-order valence-corrected chi connectivity index (χ1v) is 10.2. The van der Waals surface area contributed by atoms with Gasteiger partial charge in [-0.25, -0.2) is 18.7 Å². The molecule has 2 saturated carbocycles. The highest BCUT2D eigenvalue weighted by molar-refractivity contribution is 9.10. The molecule has 1 aromatic heterocycles. The van der Waals surface area contributed by atoms with Crippen molar-refractivity contribution in [1.82, 2.24) is 14.9 Å². The van der Waals surface area contributed by atoms with Crippen molar-refractivity contribution in [2.24, 2.45) is 0 Å². The Morgan fingerprint density at radius 3 is 2.59 bits per heavy atom. The molecule has 0 saturated heterocycles. The van der Waals surface area contributed by atoms with Crippen molar-refractivity contribution in [3.05, 3.63) is 51.8 Å². The van der Waals surface area contributed by atoms with E-state index >= 15 is 0 Å². The van der Waals surface area contributed by atoms with Crippen LogP contribution in [0, 0.1) is 0 Å². The van der Waals surface area contributed by atoms with Gasteiger partial charge < -0.3 is 4.90 Å². The molecule has 3 aliphatic rings. The summed E-state index contributed by atoms with van der Waals surface area (Å²) in [5.41, 5.74) is 1.97. The summed E-state index contributed by atoms with van der Waals surface area (Å²) >= 11 is 3.46. The van der Waals surface area contributed by atoms with Crippen LogP contribution in [0.1, 0.15) is 46.7 Å². The Labute approximate surface area is 173 Å². The molecule has 9 heteroatoms. The topological polar surface area (TPSA) is 75.2 Å². The molecule has 1 atom stereocenters. The quantitative estimate of drug-likeness (QED) is 0.754. The maximum absolute atomic E-state index is 13.1. The third kappa shape index (κ3) is 3.31. The number of nitrogens with one attached hydrogen (secondary N) is 1. The van der Waals surface area contributed by atoms with Gasteiger partial charge in [-0.3, -0.25) is 14.9 Å². The molecule has 0 bridgehead atoms. The van der Waals surface area contributed by atoms with Gasteiger partial charge in [0.25, 0.3) is 11.8 Å². The van der Waals surface area contributed by atoms with Crippen LogP contribution in [0.15, 0.2) is 35.1 Å². The van der Waals surface area contributed by atoms with Gasteiger partial charge in [0.2, 0.25) is 11.9 Å². The van der Waals surface area contributed by atoms with Crippen LogP contribution in [0.4, 0.5) is 14.7 Å². The fourth-order valence-corrected chi connectivity index (χ4v) is 4.40. The van der Waals surface area contributed by atoms with Crippen molar-refractivity contribution in [2.75, 3.05) is 18.4 Å². The molecule has 5 rings (SSSR count). The minimum absolute atomic E-state index is 0.0395. The molecule has 1 aliphatic heterocycles. The lowest BCUT2D eigenvalue weighted by atomic mass is 9.86. The summed E-state index contributed by atoms with van der Waals surface area (Å²) in [7, 11) is 0. The van der Waals surface area contributed by atoms with Gasteiger partial charge in [-0.15, -0.1) is 0 Å². The van der Waals surface area contributed by atoms with Gasteiger partial charge in [0.1, 0.15) is 6.54 Å². The highest BCUT2D eigenvalue weighted by atomic mass is 79.9. The number of alkyl halides is 2. The third-order valence-corrected chi connectivity index (χ3v) is 6.40. The number of hydrogen-bond acceptors (Lipinski definition) is 4. The summed E-state index contributed by atoms with van der Waals surface area (Å²) in [6, 6.07) is 5.62. The number of anilines is 1. The van der Waals surface area contributed by atoms with Crippen LogP contribution in [-0.2, 0) is 10.2 Å². The van der Waals surface area contributed by atoms with Crippen LogP contribution in [0.2, 0.25) is 0 Å². The third-order valence-electron chi connectivity index (χ3n) is 5.90. The molecule has 1 spiro atoms. The van der Waals surface area contributed by atoms with Crippen LogP contribution in [0.5, 0.6) is 0 Å². The van der Waals surface area contributed by atoms with E-state index in [9.17, 15) is 18.4 Å². The van der Waals surface area contributed by atoms with E-state index in [0.29, 0.717) is 17.7 Å². The number of carbonyl (C=O) groups excluding carboxylic acids is 2. The first kappa shape index (κ1) is 18.6. The summed E-state index contributed by atoms with van der Waals surface area (Å²) < 4.78 is 27.2. The van der Waals surface area contributed by atoms with Crippen molar-refractivity contribution < 1.29 is 18.4 Å². The fourth-order valence-electron chi connectivity index (χ4n) is 4.04. The number of fused-ring (bicyclic) bond motifs is 2. The Morgan fingerprint density at radius 1 is 1.28 bits per heavy atom. The summed E-state index contributed by atoms with van der Waals surface area (Å²) in [5, 5.41) is 2.55. The largest absolute Gasteiger partial charge is 0.328 e. The highest BCUT2D eigenvalue weighted by Gasteiger charge is 2.58. The maximum Gasteiger partial charge on any atom is 0.256 e. The molecule has 2 heterocycles.